The standard InChI is InChI=1S/C24H28ClN3O/c1-18-17-20(6-7-21(18)25)5-4-19-10-13-27(14-11-19)15-16-28-23-3-2-12-26-22(23)8-9-24(28)29/h2-3,6-9,12,17,19H,4-5,10-11,13-16H2,1H3. The molecule has 1 aromatic carbocycles. The number of aryl methyl sites for hydroxylation is 2. The first-order chi connectivity index (χ1) is 14.1. The van der Waals surface area contributed by atoms with Gasteiger partial charge in [0.1, 0.15) is 0 Å². The Morgan fingerprint density at radius 1 is 1.10 bits per heavy atom. The lowest BCUT2D eigenvalue weighted by Gasteiger charge is -2.32. The van der Waals surface area contributed by atoms with Crippen LogP contribution in [-0.4, -0.2) is 34.1 Å². The zero-order chi connectivity index (χ0) is 20.2. The molecule has 0 N–H and O–H groups in total. The highest BCUT2D eigenvalue weighted by Gasteiger charge is 2.19. The number of aromatic nitrogens is 2. The van der Waals surface area contributed by atoms with Crippen LogP contribution in [0, 0.1) is 12.8 Å². The minimum absolute atomic E-state index is 0.0543. The number of hydrogen-bond donors (Lipinski definition) is 0. The first-order valence-corrected chi connectivity index (χ1v) is 10.9. The second-order valence-corrected chi connectivity index (χ2v) is 8.55. The van der Waals surface area contributed by atoms with Gasteiger partial charge in [-0.2, -0.15) is 0 Å². The predicted octanol–water partition coefficient (Wildman–Crippen LogP) is 4.70. The Kier molecular flexibility index (Phi) is 6.31. The van der Waals surface area contributed by atoms with Crippen LogP contribution < -0.4 is 5.56 Å². The van der Waals surface area contributed by atoms with Crippen molar-refractivity contribution in [1.82, 2.24) is 14.5 Å². The van der Waals surface area contributed by atoms with E-state index in [1.165, 1.54) is 24.8 Å². The van der Waals surface area contributed by atoms with Gasteiger partial charge in [-0.15, -0.1) is 0 Å². The summed E-state index contributed by atoms with van der Waals surface area (Å²) in [6.45, 7) is 5.93. The van der Waals surface area contributed by atoms with Crippen molar-refractivity contribution < 1.29 is 0 Å². The molecule has 29 heavy (non-hydrogen) atoms. The van der Waals surface area contributed by atoms with Crippen LogP contribution in [0.15, 0.2) is 53.5 Å². The van der Waals surface area contributed by atoms with E-state index in [9.17, 15) is 4.79 Å². The summed E-state index contributed by atoms with van der Waals surface area (Å²) in [7, 11) is 0. The van der Waals surface area contributed by atoms with Gasteiger partial charge in [0.2, 0.25) is 0 Å². The van der Waals surface area contributed by atoms with E-state index in [1.807, 2.05) is 28.8 Å². The lowest BCUT2D eigenvalue weighted by atomic mass is 9.90. The van der Waals surface area contributed by atoms with Crippen molar-refractivity contribution in [3.63, 3.8) is 0 Å². The zero-order valence-corrected chi connectivity index (χ0v) is 17.7. The Morgan fingerprint density at radius 2 is 1.93 bits per heavy atom. The SMILES string of the molecule is Cc1cc(CCC2CCN(CCn3c(=O)ccc4ncccc43)CC2)ccc1Cl. The van der Waals surface area contributed by atoms with E-state index in [1.54, 1.807) is 12.3 Å². The van der Waals surface area contributed by atoms with Gasteiger partial charge in [0.25, 0.3) is 5.56 Å². The number of fused-ring (bicyclic) bond motifs is 1. The topological polar surface area (TPSA) is 38.1 Å². The monoisotopic (exact) mass is 409 g/mol. The molecule has 0 radical (unpaired) electrons. The lowest BCUT2D eigenvalue weighted by Crippen LogP contribution is -2.37. The number of likely N-dealkylation sites (tertiary alicyclic amines) is 1. The third-order valence-electron chi connectivity index (χ3n) is 6.17. The molecular formula is C24H28ClN3O. The first kappa shape index (κ1) is 20.1. The Hall–Kier alpha value is -2.17. The van der Waals surface area contributed by atoms with E-state index in [4.69, 9.17) is 11.6 Å². The molecule has 1 fully saturated rings. The fraction of sp³-hybridized carbons (Fsp3) is 0.417. The molecule has 5 heteroatoms. The van der Waals surface area contributed by atoms with Crippen LogP contribution in [-0.2, 0) is 13.0 Å². The molecule has 4 rings (SSSR count). The van der Waals surface area contributed by atoms with Crippen molar-refractivity contribution in [1.29, 1.82) is 0 Å². The van der Waals surface area contributed by atoms with E-state index >= 15 is 0 Å². The predicted molar refractivity (Wildman–Crippen MR) is 120 cm³/mol. The van der Waals surface area contributed by atoms with E-state index in [2.05, 4.69) is 28.9 Å². The molecule has 0 saturated carbocycles. The van der Waals surface area contributed by atoms with Crippen LogP contribution in [0.25, 0.3) is 11.0 Å². The Labute approximate surface area is 177 Å². The number of hydrogen-bond acceptors (Lipinski definition) is 3. The summed E-state index contributed by atoms with van der Waals surface area (Å²) in [4.78, 5) is 19.2. The normalized spacial score (nSPS) is 15.8. The number of pyridine rings is 2. The van der Waals surface area contributed by atoms with Gasteiger partial charge < -0.3 is 9.47 Å². The summed E-state index contributed by atoms with van der Waals surface area (Å²) >= 11 is 6.13. The van der Waals surface area contributed by atoms with Crippen molar-refractivity contribution in [2.24, 2.45) is 5.92 Å². The van der Waals surface area contributed by atoms with Gasteiger partial charge in [-0.1, -0.05) is 23.7 Å². The molecule has 1 saturated heterocycles. The summed E-state index contributed by atoms with van der Waals surface area (Å²) in [5, 5.41) is 0.850. The molecule has 0 aliphatic carbocycles. The highest BCUT2D eigenvalue weighted by molar-refractivity contribution is 6.31. The van der Waals surface area contributed by atoms with E-state index < -0.39 is 0 Å². The molecule has 0 amide bonds. The fourth-order valence-electron chi connectivity index (χ4n) is 4.33. The average Bonchev–Trinajstić information content (AvgIpc) is 2.75. The third kappa shape index (κ3) is 4.88. The zero-order valence-electron chi connectivity index (χ0n) is 17.0. The van der Waals surface area contributed by atoms with Crippen LogP contribution in [0.2, 0.25) is 5.02 Å². The molecule has 0 spiro atoms. The maximum atomic E-state index is 12.3. The van der Waals surface area contributed by atoms with Gasteiger partial charge in [0.05, 0.1) is 11.0 Å². The molecule has 152 valence electrons. The number of nitrogens with zero attached hydrogens (tertiary/aromatic N) is 3. The average molecular weight is 410 g/mol. The maximum Gasteiger partial charge on any atom is 0.251 e. The van der Waals surface area contributed by atoms with Crippen molar-refractivity contribution in [2.75, 3.05) is 19.6 Å². The summed E-state index contributed by atoms with van der Waals surface area (Å²) in [5.41, 5.74) is 4.41. The van der Waals surface area contributed by atoms with Gasteiger partial charge in [-0.05, 0) is 87.0 Å². The fourth-order valence-corrected chi connectivity index (χ4v) is 4.45. The van der Waals surface area contributed by atoms with Crippen LogP contribution >= 0.6 is 11.6 Å². The molecule has 1 aliphatic heterocycles. The van der Waals surface area contributed by atoms with Crippen molar-refractivity contribution in [3.8, 4) is 0 Å². The molecule has 4 nitrogen and oxygen atoms in total. The van der Waals surface area contributed by atoms with E-state index in [0.29, 0.717) is 0 Å². The smallest absolute Gasteiger partial charge is 0.251 e. The largest absolute Gasteiger partial charge is 0.305 e. The maximum absolute atomic E-state index is 12.3. The van der Waals surface area contributed by atoms with Crippen LogP contribution in [0.1, 0.15) is 30.4 Å². The number of halogens is 1. The highest BCUT2D eigenvalue weighted by atomic mass is 35.5. The van der Waals surface area contributed by atoms with Crippen LogP contribution in [0.3, 0.4) is 0 Å². The van der Waals surface area contributed by atoms with Gasteiger partial charge in [-0.3, -0.25) is 9.78 Å². The van der Waals surface area contributed by atoms with E-state index in [-0.39, 0.29) is 5.56 Å². The number of benzene rings is 1. The molecule has 0 atom stereocenters. The summed E-state index contributed by atoms with van der Waals surface area (Å²) < 4.78 is 1.86. The van der Waals surface area contributed by atoms with Gasteiger partial charge in [0.15, 0.2) is 0 Å². The van der Waals surface area contributed by atoms with Gasteiger partial charge >= 0.3 is 0 Å². The van der Waals surface area contributed by atoms with Gasteiger partial charge in [0, 0.05) is 30.4 Å². The summed E-state index contributed by atoms with van der Waals surface area (Å²) in [5.74, 6) is 0.784. The third-order valence-corrected chi connectivity index (χ3v) is 6.59. The second-order valence-electron chi connectivity index (χ2n) is 8.14. The molecular weight excluding hydrogens is 382 g/mol. The summed E-state index contributed by atoms with van der Waals surface area (Å²) in [6.07, 6.45) is 6.61. The molecule has 3 aromatic rings. The second kappa shape index (κ2) is 9.10. The minimum atomic E-state index is 0.0543. The Balaban J connectivity index is 1.28. The van der Waals surface area contributed by atoms with E-state index in [0.717, 1.165) is 60.1 Å². The molecule has 2 aromatic heterocycles. The quantitative estimate of drug-likeness (QED) is 0.592. The number of rotatable bonds is 6. The van der Waals surface area contributed by atoms with Crippen LogP contribution in [0.4, 0.5) is 0 Å². The van der Waals surface area contributed by atoms with Crippen LogP contribution in [0.5, 0.6) is 0 Å². The van der Waals surface area contributed by atoms with Crippen molar-refractivity contribution in [3.05, 3.63) is 75.2 Å². The molecule has 0 bridgehead atoms. The number of piperidine rings is 1. The minimum Gasteiger partial charge on any atom is -0.305 e. The van der Waals surface area contributed by atoms with Gasteiger partial charge in [-0.25, -0.2) is 0 Å². The Morgan fingerprint density at radius 3 is 2.72 bits per heavy atom. The molecule has 0 unspecified atom stereocenters. The van der Waals surface area contributed by atoms with Crippen molar-refractivity contribution >= 4 is 22.6 Å². The highest BCUT2D eigenvalue weighted by Crippen LogP contribution is 2.24. The summed E-state index contributed by atoms with van der Waals surface area (Å²) in [6, 6.07) is 13.7. The Bertz CT molecular complexity index is 1040. The molecule has 1 aliphatic rings. The van der Waals surface area contributed by atoms with Crippen molar-refractivity contribution in [2.45, 2.75) is 39.2 Å². The lowest BCUT2D eigenvalue weighted by molar-refractivity contribution is 0.174. The first-order valence-electron chi connectivity index (χ1n) is 10.5. The molecule has 3 heterocycles.